The summed E-state index contributed by atoms with van der Waals surface area (Å²) in [7, 11) is 0. The number of fused-ring (bicyclic) bond motifs is 1. The van der Waals surface area contributed by atoms with Gasteiger partial charge in [-0.3, -0.25) is 4.99 Å². The Hall–Kier alpha value is -1.67. The number of hydrogen-bond donors (Lipinski definition) is 2. The Morgan fingerprint density at radius 1 is 1.47 bits per heavy atom. The normalized spacial score (nSPS) is 18.8. The number of nitrogens with zero attached hydrogens (tertiary/aromatic N) is 2. The van der Waals surface area contributed by atoms with E-state index in [1.54, 1.807) is 0 Å². The van der Waals surface area contributed by atoms with Crippen molar-refractivity contribution in [1.82, 2.24) is 4.98 Å². The average molecular weight is 298 g/mol. The maximum Gasteiger partial charge on any atom is 0.329 e. The molecular formula is C11H7FN2O3S2. The predicted molar refractivity (Wildman–Crippen MR) is 71.7 cm³/mol. The lowest BCUT2D eigenvalue weighted by Crippen LogP contribution is -2.17. The molecule has 1 atom stereocenters. The van der Waals surface area contributed by atoms with Crippen LogP contribution in [0.2, 0.25) is 0 Å². The molecule has 1 aliphatic heterocycles. The number of carboxylic acids is 1. The standard InChI is InChI=1S/C11H7FN2O3S2/c12-4-1-5-8(2-7(4)15)19-10(13-5)9-14-6(3-18-9)11(16)17/h1-2,6,15H,3H2,(H,16,17)/t6-/m1/s1. The lowest BCUT2D eigenvalue weighted by atomic mass is 10.3. The summed E-state index contributed by atoms with van der Waals surface area (Å²) < 4.78 is 13.8. The van der Waals surface area contributed by atoms with Crippen molar-refractivity contribution in [2.24, 2.45) is 4.99 Å². The number of phenols is 1. The number of carboxylic acid groups (broad SMARTS) is 1. The first-order valence-electron chi connectivity index (χ1n) is 5.27. The van der Waals surface area contributed by atoms with E-state index in [-0.39, 0.29) is 0 Å². The fraction of sp³-hybridized carbons (Fsp3) is 0.182. The molecule has 2 aromatic rings. The average Bonchev–Trinajstić information content (AvgIpc) is 2.95. The molecule has 0 fully saturated rings. The summed E-state index contributed by atoms with van der Waals surface area (Å²) in [6, 6.07) is 1.71. The smallest absolute Gasteiger partial charge is 0.329 e. The number of thiazole rings is 1. The van der Waals surface area contributed by atoms with Gasteiger partial charge in [-0.1, -0.05) is 0 Å². The Balaban J connectivity index is 2.03. The molecule has 2 N–H and O–H groups in total. The summed E-state index contributed by atoms with van der Waals surface area (Å²) in [5, 5.41) is 19.3. The molecule has 0 saturated heterocycles. The third-order valence-electron chi connectivity index (χ3n) is 2.58. The van der Waals surface area contributed by atoms with E-state index in [1.165, 1.54) is 29.2 Å². The predicted octanol–water partition coefficient (Wildman–Crippen LogP) is 2.09. The first-order valence-corrected chi connectivity index (χ1v) is 7.07. The highest BCUT2D eigenvalue weighted by atomic mass is 32.2. The van der Waals surface area contributed by atoms with Crippen LogP contribution in [0.1, 0.15) is 5.01 Å². The van der Waals surface area contributed by atoms with Gasteiger partial charge in [-0.25, -0.2) is 14.2 Å². The molecule has 0 bridgehead atoms. The van der Waals surface area contributed by atoms with Crippen molar-refractivity contribution in [1.29, 1.82) is 0 Å². The number of aromatic nitrogens is 1. The Labute approximate surface area is 114 Å². The molecule has 8 heteroatoms. The van der Waals surface area contributed by atoms with Gasteiger partial charge in [0.15, 0.2) is 17.6 Å². The summed E-state index contributed by atoms with van der Waals surface area (Å²) in [5.41, 5.74) is 0.428. The van der Waals surface area contributed by atoms with E-state index in [0.29, 0.717) is 26.0 Å². The van der Waals surface area contributed by atoms with Gasteiger partial charge in [-0.15, -0.1) is 23.1 Å². The largest absolute Gasteiger partial charge is 0.505 e. The molecular weight excluding hydrogens is 291 g/mol. The zero-order valence-electron chi connectivity index (χ0n) is 9.33. The first-order chi connectivity index (χ1) is 9.04. The number of aliphatic imine (C=N–C) groups is 1. The summed E-state index contributed by atoms with van der Waals surface area (Å²) in [6.45, 7) is 0. The molecule has 0 amide bonds. The van der Waals surface area contributed by atoms with Crippen LogP contribution in [-0.2, 0) is 4.79 Å². The molecule has 98 valence electrons. The van der Waals surface area contributed by atoms with Crippen molar-refractivity contribution in [3.05, 3.63) is 23.0 Å². The third kappa shape index (κ3) is 2.17. The molecule has 0 radical (unpaired) electrons. The molecule has 0 unspecified atom stereocenters. The minimum absolute atomic E-state index is 0.375. The van der Waals surface area contributed by atoms with Crippen LogP contribution >= 0.6 is 23.1 Å². The van der Waals surface area contributed by atoms with Gasteiger partial charge < -0.3 is 10.2 Å². The Morgan fingerprint density at radius 3 is 2.95 bits per heavy atom. The molecule has 1 aromatic heterocycles. The number of thioether (sulfide) groups is 1. The molecule has 19 heavy (non-hydrogen) atoms. The molecule has 1 aliphatic rings. The van der Waals surface area contributed by atoms with Crippen LogP contribution in [0.15, 0.2) is 17.1 Å². The van der Waals surface area contributed by atoms with Crippen LogP contribution in [0.4, 0.5) is 4.39 Å². The molecule has 0 aliphatic carbocycles. The number of phenolic OH excluding ortho intramolecular Hbond substituents is 1. The quantitative estimate of drug-likeness (QED) is 0.887. The number of hydrogen-bond acceptors (Lipinski definition) is 6. The second-order valence-corrected chi connectivity index (χ2v) is 5.93. The lowest BCUT2D eigenvalue weighted by Gasteiger charge is -1.93. The van der Waals surface area contributed by atoms with E-state index in [2.05, 4.69) is 9.98 Å². The summed E-state index contributed by atoms with van der Waals surface area (Å²) >= 11 is 2.57. The second-order valence-electron chi connectivity index (χ2n) is 3.89. The molecule has 2 heterocycles. The van der Waals surface area contributed by atoms with E-state index in [0.717, 1.165) is 6.07 Å². The lowest BCUT2D eigenvalue weighted by molar-refractivity contribution is -0.137. The monoisotopic (exact) mass is 298 g/mol. The minimum Gasteiger partial charge on any atom is -0.505 e. The van der Waals surface area contributed by atoms with Gasteiger partial charge in [0.05, 0.1) is 10.2 Å². The highest BCUT2D eigenvalue weighted by Crippen LogP contribution is 2.32. The Bertz CT molecular complexity index is 674. The minimum atomic E-state index is -0.965. The molecule has 3 rings (SSSR count). The van der Waals surface area contributed by atoms with Gasteiger partial charge in [0.25, 0.3) is 0 Å². The number of benzene rings is 1. The van der Waals surface area contributed by atoms with Gasteiger partial charge >= 0.3 is 5.97 Å². The van der Waals surface area contributed by atoms with E-state index in [9.17, 15) is 14.3 Å². The van der Waals surface area contributed by atoms with Crippen molar-refractivity contribution < 1.29 is 19.4 Å². The summed E-state index contributed by atoms with van der Waals surface area (Å²) in [4.78, 5) is 19.1. The van der Waals surface area contributed by atoms with Crippen LogP contribution in [0.5, 0.6) is 5.75 Å². The van der Waals surface area contributed by atoms with Crippen molar-refractivity contribution >= 4 is 44.3 Å². The second kappa shape index (κ2) is 4.46. The van der Waals surface area contributed by atoms with Crippen molar-refractivity contribution in [3.8, 4) is 5.75 Å². The number of aliphatic carboxylic acids is 1. The zero-order chi connectivity index (χ0) is 13.6. The Morgan fingerprint density at radius 2 is 2.26 bits per heavy atom. The van der Waals surface area contributed by atoms with Crippen LogP contribution in [0, 0.1) is 5.82 Å². The number of aromatic hydroxyl groups is 1. The number of halogens is 1. The van der Waals surface area contributed by atoms with Crippen molar-refractivity contribution in [2.75, 3.05) is 5.75 Å². The van der Waals surface area contributed by atoms with Gasteiger partial charge in [-0.2, -0.15) is 0 Å². The maximum absolute atomic E-state index is 13.2. The van der Waals surface area contributed by atoms with Crippen molar-refractivity contribution in [3.63, 3.8) is 0 Å². The van der Waals surface area contributed by atoms with Crippen LogP contribution in [0.25, 0.3) is 10.2 Å². The highest BCUT2D eigenvalue weighted by Gasteiger charge is 2.27. The fourth-order valence-electron chi connectivity index (χ4n) is 1.65. The highest BCUT2D eigenvalue weighted by molar-refractivity contribution is 8.15. The van der Waals surface area contributed by atoms with E-state index in [4.69, 9.17) is 5.11 Å². The van der Waals surface area contributed by atoms with Gasteiger partial charge in [0.1, 0.15) is 10.1 Å². The summed E-state index contributed by atoms with van der Waals surface area (Å²) in [5.74, 6) is -1.74. The Kier molecular flexibility index (Phi) is 2.90. The van der Waals surface area contributed by atoms with Crippen LogP contribution in [-0.4, -0.2) is 38.0 Å². The van der Waals surface area contributed by atoms with E-state index < -0.39 is 23.6 Å². The van der Waals surface area contributed by atoms with Crippen LogP contribution in [0.3, 0.4) is 0 Å². The third-order valence-corrected chi connectivity index (χ3v) is 4.78. The molecule has 1 aromatic carbocycles. The van der Waals surface area contributed by atoms with Crippen LogP contribution < -0.4 is 0 Å². The zero-order valence-corrected chi connectivity index (χ0v) is 11.0. The number of carbonyl (C=O) groups is 1. The number of rotatable bonds is 2. The topological polar surface area (TPSA) is 82.8 Å². The molecule has 0 saturated carbocycles. The molecule has 0 spiro atoms. The SMILES string of the molecule is O=C(O)[C@H]1CSC(c2nc3cc(F)c(O)cc3s2)=N1. The maximum atomic E-state index is 13.2. The van der Waals surface area contributed by atoms with E-state index in [1.807, 2.05) is 0 Å². The molecule has 5 nitrogen and oxygen atoms in total. The van der Waals surface area contributed by atoms with Gasteiger partial charge in [-0.05, 0) is 0 Å². The fourth-order valence-corrected chi connectivity index (χ4v) is 3.72. The van der Waals surface area contributed by atoms with E-state index >= 15 is 0 Å². The van der Waals surface area contributed by atoms with Gasteiger partial charge in [0.2, 0.25) is 0 Å². The van der Waals surface area contributed by atoms with Crippen molar-refractivity contribution in [2.45, 2.75) is 6.04 Å². The summed E-state index contributed by atoms with van der Waals surface area (Å²) in [6.07, 6.45) is 0. The first kappa shape index (κ1) is 12.4. The van der Waals surface area contributed by atoms with Gasteiger partial charge in [0, 0.05) is 17.9 Å².